The average Bonchev–Trinajstić information content (AvgIpc) is 3.09. The van der Waals surface area contributed by atoms with Gasteiger partial charge in [-0.2, -0.15) is 0 Å². The number of hydrogen-bond acceptors (Lipinski definition) is 3. The molecule has 0 aliphatic heterocycles. The third kappa shape index (κ3) is 1.52. The molecule has 17 heavy (non-hydrogen) atoms. The van der Waals surface area contributed by atoms with Crippen molar-refractivity contribution in [3.05, 3.63) is 29.8 Å². The maximum atomic E-state index is 11.2. The van der Waals surface area contributed by atoms with Gasteiger partial charge in [-0.25, -0.2) is 4.98 Å². The lowest BCUT2D eigenvalue weighted by molar-refractivity contribution is 0.112. The van der Waals surface area contributed by atoms with E-state index in [0.29, 0.717) is 11.6 Å². The van der Waals surface area contributed by atoms with Crippen LogP contribution in [-0.4, -0.2) is 29.8 Å². The lowest BCUT2D eigenvalue weighted by atomic mass is 10.3. The van der Waals surface area contributed by atoms with Crippen molar-refractivity contribution in [2.75, 3.05) is 19.0 Å². The number of anilines is 1. The highest BCUT2D eigenvalue weighted by atomic mass is 16.1. The Morgan fingerprint density at radius 3 is 2.82 bits per heavy atom. The second kappa shape index (κ2) is 3.58. The summed E-state index contributed by atoms with van der Waals surface area (Å²) in [7, 11) is 3.96. The molecule has 4 heteroatoms. The first kappa shape index (κ1) is 10.3. The highest BCUT2D eigenvalue weighted by molar-refractivity contribution is 5.91. The molecule has 1 aliphatic rings. The van der Waals surface area contributed by atoms with Crippen LogP contribution in [0.1, 0.15) is 35.1 Å². The van der Waals surface area contributed by atoms with Crippen molar-refractivity contribution >= 4 is 17.5 Å². The number of pyridine rings is 1. The Hall–Kier alpha value is -1.84. The lowest BCUT2D eigenvalue weighted by Crippen LogP contribution is -2.10. The topological polar surface area (TPSA) is 37.6 Å². The molecule has 0 amide bonds. The van der Waals surface area contributed by atoms with Crippen molar-refractivity contribution < 1.29 is 4.79 Å². The van der Waals surface area contributed by atoms with E-state index in [1.807, 2.05) is 37.3 Å². The minimum atomic E-state index is 0.536. The van der Waals surface area contributed by atoms with Crippen molar-refractivity contribution in [2.45, 2.75) is 18.8 Å². The summed E-state index contributed by atoms with van der Waals surface area (Å²) in [6, 6.07) is 4.02. The maximum Gasteiger partial charge on any atom is 0.170 e. The van der Waals surface area contributed by atoms with Crippen molar-refractivity contribution in [3.8, 4) is 0 Å². The zero-order chi connectivity index (χ0) is 12.0. The van der Waals surface area contributed by atoms with Gasteiger partial charge in [-0.3, -0.25) is 4.79 Å². The van der Waals surface area contributed by atoms with Crippen molar-refractivity contribution in [3.63, 3.8) is 0 Å². The summed E-state index contributed by atoms with van der Waals surface area (Å²) in [6.07, 6.45) is 5.22. The third-order valence-corrected chi connectivity index (χ3v) is 3.23. The number of rotatable bonds is 3. The zero-order valence-corrected chi connectivity index (χ0v) is 10.1. The molecule has 0 radical (unpaired) electrons. The Labute approximate surface area is 99.9 Å². The first-order valence-corrected chi connectivity index (χ1v) is 5.86. The number of hydrogen-bond donors (Lipinski definition) is 0. The van der Waals surface area contributed by atoms with E-state index in [-0.39, 0.29) is 0 Å². The Bertz CT molecular complexity index is 582. The molecular weight excluding hydrogens is 214 g/mol. The number of nitrogens with zero attached hydrogens (tertiary/aromatic N) is 3. The van der Waals surface area contributed by atoms with Crippen LogP contribution in [0.3, 0.4) is 0 Å². The number of imidazole rings is 1. The first-order valence-electron chi connectivity index (χ1n) is 5.86. The van der Waals surface area contributed by atoms with Crippen LogP contribution in [0.4, 0.5) is 5.69 Å². The molecule has 0 aromatic carbocycles. The smallest absolute Gasteiger partial charge is 0.170 e. The summed E-state index contributed by atoms with van der Waals surface area (Å²) in [5, 5.41) is 0. The van der Waals surface area contributed by atoms with Crippen LogP contribution in [0.15, 0.2) is 18.3 Å². The molecule has 2 aromatic rings. The highest BCUT2D eigenvalue weighted by Crippen LogP contribution is 2.40. The van der Waals surface area contributed by atoms with Crippen LogP contribution in [0.25, 0.3) is 5.52 Å². The van der Waals surface area contributed by atoms with Gasteiger partial charge in [0.05, 0.1) is 11.2 Å². The van der Waals surface area contributed by atoms with Crippen LogP contribution in [-0.2, 0) is 0 Å². The number of carbonyl (C=O) groups excluding carboxylic acids is 1. The number of aromatic nitrogens is 2. The summed E-state index contributed by atoms with van der Waals surface area (Å²) < 4.78 is 2.07. The van der Waals surface area contributed by atoms with Crippen molar-refractivity contribution in [2.24, 2.45) is 0 Å². The summed E-state index contributed by atoms with van der Waals surface area (Å²) >= 11 is 0. The third-order valence-electron chi connectivity index (χ3n) is 3.23. The molecule has 4 nitrogen and oxygen atoms in total. The standard InChI is InChI=1S/C13H15N3O/c1-15(2)11-4-3-7-16-12(11)10(8-17)14-13(16)9-5-6-9/h3-4,7-9H,5-6H2,1-2H3. The van der Waals surface area contributed by atoms with E-state index in [1.54, 1.807) is 0 Å². The fourth-order valence-electron chi connectivity index (χ4n) is 2.25. The predicted octanol–water partition coefficient (Wildman–Crippen LogP) is 2.09. The first-order chi connectivity index (χ1) is 8.22. The van der Waals surface area contributed by atoms with Gasteiger partial charge in [0.2, 0.25) is 0 Å². The Morgan fingerprint density at radius 2 is 2.24 bits per heavy atom. The van der Waals surface area contributed by atoms with E-state index >= 15 is 0 Å². The van der Waals surface area contributed by atoms with E-state index < -0.39 is 0 Å². The molecule has 0 N–H and O–H groups in total. The SMILES string of the molecule is CN(C)c1cccn2c(C3CC3)nc(C=O)c12. The largest absolute Gasteiger partial charge is 0.376 e. The second-order valence-electron chi connectivity index (χ2n) is 4.75. The van der Waals surface area contributed by atoms with Gasteiger partial charge in [-0.15, -0.1) is 0 Å². The van der Waals surface area contributed by atoms with E-state index in [9.17, 15) is 4.79 Å². The molecule has 0 atom stereocenters. The number of carbonyl (C=O) groups is 1. The maximum absolute atomic E-state index is 11.2. The molecule has 1 saturated carbocycles. The predicted molar refractivity (Wildman–Crippen MR) is 66.9 cm³/mol. The molecule has 2 aromatic heterocycles. The van der Waals surface area contributed by atoms with Gasteiger partial charge in [0.25, 0.3) is 0 Å². The van der Waals surface area contributed by atoms with Crippen LogP contribution in [0.2, 0.25) is 0 Å². The quantitative estimate of drug-likeness (QED) is 0.756. The van der Waals surface area contributed by atoms with Gasteiger partial charge in [0.1, 0.15) is 11.5 Å². The molecule has 0 saturated heterocycles. The van der Waals surface area contributed by atoms with Gasteiger partial charge in [-0.05, 0) is 25.0 Å². The monoisotopic (exact) mass is 229 g/mol. The van der Waals surface area contributed by atoms with Gasteiger partial charge in [0, 0.05) is 26.2 Å². The highest BCUT2D eigenvalue weighted by Gasteiger charge is 2.29. The van der Waals surface area contributed by atoms with Crippen molar-refractivity contribution in [1.82, 2.24) is 9.38 Å². The Balaban J connectivity index is 2.33. The number of fused-ring (bicyclic) bond motifs is 1. The van der Waals surface area contributed by atoms with Gasteiger partial charge in [0.15, 0.2) is 6.29 Å². The normalized spacial score (nSPS) is 15.2. The molecule has 1 fully saturated rings. The Kier molecular flexibility index (Phi) is 2.18. The minimum Gasteiger partial charge on any atom is -0.376 e. The van der Waals surface area contributed by atoms with E-state index in [4.69, 9.17) is 0 Å². The molecule has 1 aliphatic carbocycles. The Morgan fingerprint density at radius 1 is 1.47 bits per heavy atom. The molecule has 0 unspecified atom stereocenters. The molecule has 0 spiro atoms. The average molecular weight is 229 g/mol. The summed E-state index contributed by atoms with van der Waals surface area (Å²) in [4.78, 5) is 17.7. The lowest BCUT2D eigenvalue weighted by Gasteiger charge is -2.14. The fraction of sp³-hybridized carbons (Fsp3) is 0.385. The molecule has 0 bridgehead atoms. The number of aldehydes is 1. The van der Waals surface area contributed by atoms with Gasteiger partial charge in [-0.1, -0.05) is 0 Å². The molecular formula is C13H15N3O. The summed E-state index contributed by atoms with van der Waals surface area (Å²) in [5.74, 6) is 1.57. The molecule has 88 valence electrons. The van der Waals surface area contributed by atoms with Gasteiger partial charge >= 0.3 is 0 Å². The van der Waals surface area contributed by atoms with E-state index in [1.165, 1.54) is 12.8 Å². The van der Waals surface area contributed by atoms with Crippen LogP contribution >= 0.6 is 0 Å². The minimum absolute atomic E-state index is 0.536. The molecule has 3 rings (SSSR count). The van der Waals surface area contributed by atoms with E-state index in [0.717, 1.165) is 23.3 Å². The van der Waals surface area contributed by atoms with Gasteiger partial charge < -0.3 is 9.30 Å². The fourth-order valence-corrected chi connectivity index (χ4v) is 2.25. The second-order valence-corrected chi connectivity index (χ2v) is 4.75. The van der Waals surface area contributed by atoms with E-state index in [2.05, 4.69) is 9.38 Å². The van der Waals surface area contributed by atoms with Crippen LogP contribution < -0.4 is 4.90 Å². The molecule has 2 heterocycles. The van der Waals surface area contributed by atoms with Crippen LogP contribution in [0.5, 0.6) is 0 Å². The summed E-state index contributed by atoms with van der Waals surface area (Å²) in [6.45, 7) is 0. The van der Waals surface area contributed by atoms with Crippen LogP contribution in [0, 0.1) is 0 Å². The van der Waals surface area contributed by atoms with Crippen molar-refractivity contribution in [1.29, 1.82) is 0 Å². The zero-order valence-electron chi connectivity index (χ0n) is 10.1. The summed E-state index contributed by atoms with van der Waals surface area (Å²) in [5.41, 5.74) is 2.51.